The van der Waals surface area contributed by atoms with E-state index in [1.807, 2.05) is 6.92 Å². The number of carbonyl (C=O) groups excluding carboxylic acids is 2. The molecule has 0 radical (unpaired) electrons. The number of ether oxygens (including phenoxy) is 2. The van der Waals surface area contributed by atoms with Crippen molar-refractivity contribution in [3.05, 3.63) is 0 Å². The largest absolute Gasteiger partial charge is 0.464 e. The fourth-order valence-electron chi connectivity index (χ4n) is 1.75. The van der Waals surface area contributed by atoms with Crippen molar-refractivity contribution in [3.8, 4) is 12.3 Å². The Bertz CT molecular complexity index is 336. The third-order valence-corrected chi connectivity index (χ3v) is 2.95. The molecule has 1 N–H and O–H groups in total. The van der Waals surface area contributed by atoms with Crippen LogP contribution in [0.2, 0.25) is 0 Å². The average molecular weight is 297 g/mol. The molecule has 120 valence electrons. The molecule has 5 nitrogen and oxygen atoms in total. The van der Waals surface area contributed by atoms with Gasteiger partial charge >= 0.3 is 12.1 Å². The summed E-state index contributed by atoms with van der Waals surface area (Å²) >= 11 is 0. The summed E-state index contributed by atoms with van der Waals surface area (Å²) in [5, 5.41) is 2.51. The van der Waals surface area contributed by atoms with Crippen LogP contribution in [0, 0.1) is 12.3 Å². The lowest BCUT2D eigenvalue weighted by Gasteiger charge is -2.17. The number of nitrogens with one attached hydrogen (secondary N) is 1. The maximum Gasteiger partial charge on any atom is 0.408 e. The van der Waals surface area contributed by atoms with Crippen LogP contribution in [0.1, 0.15) is 58.8 Å². The molecule has 21 heavy (non-hydrogen) atoms. The van der Waals surface area contributed by atoms with Gasteiger partial charge in [0, 0.05) is 0 Å². The Morgan fingerprint density at radius 2 is 1.81 bits per heavy atom. The number of unbranched alkanes of at least 4 members (excludes halogenated alkanes) is 4. The second-order valence-electron chi connectivity index (χ2n) is 4.85. The predicted octanol–water partition coefficient (Wildman–Crippen LogP) is 3.03. The molecular formula is C16H27NO4. The van der Waals surface area contributed by atoms with Crippen LogP contribution < -0.4 is 5.32 Å². The number of terminal acetylenes is 1. The maximum absolute atomic E-state index is 12.0. The first-order valence-corrected chi connectivity index (χ1v) is 7.69. The predicted molar refractivity (Wildman–Crippen MR) is 81.7 cm³/mol. The molecular weight excluding hydrogens is 270 g/mol. The van der Waals surface area contributed by atoms with Gasteiger partial charge in [0.1, 0.15) is 6.04 Å². The Labute approximate surface area is 127 Å². The smallest absolute Gasteiger partial charge is 0.408 e. The normalized spacial score (nSPS) is 11.3. The molecule has 5 heteroatoms. The molecule has 0 saturated heterocycles. The van der Waals surface area contributed by atoms with Gasteiger partial charge in [0.2, 0.25) is 0 Å². The zero-order valence-corrected chi connectivity index (χ0v) is 13.2. The van der Waals surface area contributed by atoms with E-state index < -0.39 is 18.1 Å². The SMILES string of the molecule is C#CCOC(=O)NC(CCCC)C(=O)OCCCCCC. The number of hydrogen-bond donors (Lipinski definition) is 1. The molecule has 1 amide bonds. The molecule has 0 aliphatic heterocycles. The molecule has 0 aromatic heterocycles. The number of rotatable bonds is 11. The summed E-state index contributed by atoms with van der Waals surface area (Å²) < 4.78 is 9.92. The average Bonchev–Trinajstić information content (AvgIpc) is 2.48. The highest BCUT2D eigenvalue weighted by Crippen LogP contribution is 2.05. The molecule has 0 aromatic rings. The summed E-state index contributed by atoms with van der Waals surface area (Å²) in [6.07, 6.45) is 10.8. The maximum atomic E-state index is 12.0. The van der Waals surface area contributed by atoms with E-state index >= 15 is 0 Å². The first-order valence-electron chi connectivity index (χ1n) is 7.69. The van der Waals surface area contributed by atoms with E-state index in [-0.39, 0.29) is 6.61 Å². The Morgan fingerprint density at radius 1 is 1.10 bits per heavy atom. The minimum absolute atomic E-state index is 0.113. The van der Waals surface area contributed by atoms with Crippen molar-refractivity contribution in [1.82, 2.24) is 5.32 Å². The highest BCUT2D eigenvalue weighted by Gasteiger charge is 2.22. The van der Waals surface area contributed by atoms with Crippen molar-refractivity contribution in [1.29, 1.82) is 0 Å². The zero-order chi connectivity index (χ0) is 15.9. The quantitative estimate of drug-likeness (QED) is 0.362. The molecule has 0 saturated carbocycles. The van der Waals surface area contributed by atoms with Gasteiger partial charge in [0.25, 0.3) is 0 Å². The van der Waals surface area contributed by atoms with Crippen LogP contribution >= 0.6 is 0 Å². The molecule has 0 fully saturated rings. The Morgan fingerprint density at radius 3 is 2.43 bits per heavy atom. The van der Waals surface area contributed by atoms with E-state index in [2.05, 4.69) is 18.2 Å². The number of amides is 1. The summed E-state index contributed by atoms with van der Waals surface area (Å²) in [6.45, 7) is 4.42. The van der Waals surface area contributed by atoms with E-state index in [9.17, 15) is 9.59 Å². The lowest BCUT2D eigenvalue weighted by molar-refractivity contribution is -0.146. The summed E-state index contributed by atoms with van der Waals surface area (Å²) in [5.41, 5.74) is 0. The number of alkyl carbamates (subject to hydrolysis) is 1. The second kappa shape index (κ2) is 13.3. The summed E-state index contributed by atoms with van der Waals surface area (Å²) in [7, 11) is 0. The van der Waals surface area contributed by atoms with Gasteiger partial charge in [-0.3, -0.25) is 0 Å². The zero-order valence-electron chi connectivity index (χ0n) is 13.2. The molecule has 0 bridgehead atoms. The Kier molecular flexibility index (Phi) is 12.2. The lowest BCUT2D eigenvalue weighted by atomic mass is 10.1. The monoisotopic (exact) mass is 297 g/mol. The molecule has 0 aromatic carbocycles. The minimum Gasteiger partial charge on any atom is -0.464 e. The van der Waals surface area contributed by atoms with Gasteiger partial charge in [-0.15, -0.1) is 6.42 Å². The Balaban J connectivity index is 4.15. The van der Waals surface area contributed by atoms with Crippen molar-refractivity contribution in [3.63, 3.8) is 0 Å². The van der Waals surface area contributed by atoms with Crippen molar-refractivity contribution in [2.45, 2.75) is 64.8 Å². The molecule has 0 aliphatic rings. The van der Waals surface area contributed by atoms with Crippen LogP contribution in [-0.2, 0) is 14.3 Å². The van der Waals surface area contributed by atoms with Gasteiger partial charge in [-0.1, -0.05) is 51.9 Å². The van der Waals surface area contributed by atoms with E-state index in [0.717, 1.165) is 38.5 Å². The van der Waals surface area contributed by atoms with Gasteiger partial charge in [-0.2, -0.15) is 0 Å². The summed E-state index contributed by atoms with van der Waals surface area (Å²) in [6, 6.07) is -0.665. The van der Waals surface area contributed by atoms with Crippen LogP contribution in [0.5, 0.6) is 0 Å². The third kappa shape index (κ3) is 10.7. The van der Waals surface area contributed by atoms with Gasteiger partial charge in [-0.05, 0) is 12.8 Å². The first-order chi connectivity index (χ1) is 10.2. The van der Waals surface area contributed by atoms with Crippen LogP contribution in [0.15, 0.2) is 0 Å². The lowest BCUT2D eigenvalue weighted by Crippen LogP contribution is -2.42. The van der Waals surface area contributed by atoms with Gasteiger partial charge in [-0.25, -0.2) is 9.59 Å². The fourth-order valence-corrected chi connectivity index (χ4v) is 1.75. The highest BCUT2D eigenvalue weighted by atomic mass is 16.6. The van der Waals surface area contributed by atoms with Crippen molar-refractivity contribution < 1.29 is 19.1 Å². The standard InChI is InChI=1S/C16H27NO4/c1-4-7-9-10-13-20-15(18)14(11-8-5-2)17-16(19)21-12-6-3/h3,14H,4-5,7-13H2,1-2H3,(H,17,19). The minimum atomic E-state index is -0.683. The second-order valence-corrected chi connectivity index (χ2v) is 4.85. The number of esters is 1. The van der Waals surface area contributed by atoms with Crippen LogP contribution in [0.4, 0.5) is 4.79 Å². The molecule has 0 heterocycles. The number of hydrogen-bond acceptors (Lipinski definition) is 4. The summed E-state index contributed by atoms with van der Waals surface area (Å²) in [4.78, 5) is 23.4. The van der Waals surface area contributed by atoms with E-state index in [1.54, 1.807) is 0 Å². The first kappa shape index (κ1) is 19.3. The van der Waals surface area contributed by atoms with Gasteiger partial charge in [0.05, 0.1) is 6.61 Å². The van der Waals surface area contributed by atoms with Crippen LogP contribution in [0.3, 0.4) is 0 Å². The van der Waals surface area contributed by atoms with Crippen molar-refractivity contribution in [2.75, 3.05) is 13.2 Å². The summed E-state index contributed by atoms with van der Waals surface area (Å²) in [5.74, 6) is 1.79. The van der Waals surface area contributed by atoms with E-state index in [1.165, 1.54) is 0 Å². The van der Waals surface area contributed by atoms with E-state index in [0.29, 0.717) is 13.0 Å². The molecule has 1 atom stereocenters. The van der Waals surface area contributed by atoms with Crippen molar-refractivity contribution >= 4 is 12.1 Å². The molecule has 0 rings (SSSR count). The molecule has 0 aliphatic carbocycles. The molecule has 0 spiro atoms. The Hall–Kier alpha value is -1.70. The van der Waals surface area contributed by atoms with Gasteiger partial charge < -0.3 is 14.8 Å². The number of carbonyl (C=O) groups is 2. The van der Waals surface area contributed by atoms with Gasteiger partial charge in [0.15, 0.2) is 6.61 Å². The highest BCUT2D eigenvalue weighted by molar-refractivity contribution is 5.81. The topological polar surface area (TPSA) is 64.6 Å². The molecule has 1 unspecified atom stereocenters. The fraction of sp³-hybridized carbons (Fsp3) is 0.750. The van der Waals surface area contributed by atoms with Crippen LogP contribution in [0.25, 0.3) is 0 Å². The third-order valence-electron chi connectivity index (χ3n) is 2.95. The van der Waals surface area contributed by atoms with E-state index in [4.69, 9.17) is 15.9 Å². The van der Waals surface area contributed by atoms with Crippen LogP contribution in [-0.4, -0.2) is 31.3 Å². The van der Waals surface area contributed by atoms with Crippen molar-refractivity contribution in [2.24, 2.45) is 0 Å².